The predicted octanol–water partition coefficient (Wildman–Crippen LogP) is 3.11. The molecule has 1 atom stereocenters. The first kappa shape index (κ1) is 14.3. The van der Waals surface area contributed by atoms with Gasteiger partial charge in [-0.25, -0.2) is 0 Å². The van der Waals surface area contributed by atoms with Crippen LogP contribution in [0, 0.1) is 9.49 Å². The van der Waals surface area contributed by atoms with Crippen LogP contribution >= 0.6 is 22.6 Å². The van der Waals surface area contributed by atoms with E-state index >= 15 is 0 Å². The van der Waals surface area contributed by atoms with Crippen LogP contribution in [-0.2, 0) is 6.54 Å². The zero-order valence-electron chi connectivity index (χ0n) is 11.2. The largest absolute Gasteiger partial charge is 0.316 e. The summed E-state index contributed by atoms with van der Waals surface area (Å²) >= 11 is 2.39. The van der Waals surface area contributed by atoms with E-state index < -0.39 is 0 Å². The Bertz CT molecular complexity index is 361. The van der Waals surface area contributed by atoms with E-state index in [-0.39, 0.29) is 0 Å². The highest BCUT2D eigenvalue weighted by Gasteiger charge is 2.16. The average molecular weight is 358 g/mol. The van der Waals surface area contributed by atoms with Gasteiger partial charge in [-0.3, -0.25) is 4.90 Å². The van der Waals surface area contributed by atoms with Gasteiger partial charge in [0.2, 0.25) is 0 Å². The fourth-order valence-corrected chi connectivity index (χ4v) is 3.25. The van der Waals surface area contributed by atoms with E-state index in [1.807, 2.05) is 0 Å². The summed E-state index contributed by atoms with van der Waals surface area (Å²) in [6.45, 7) is 8.13. The molecule has 1 aliphatic heterocycles. The Balaban J connectivity index is 1.88. The van der Waals surface area contributed by atoms with Gasteiger partial charge < -0.3 is 5.32 Å². The second kappa shape index (κ2) is 7.46. The normalized spacial score (nSPS) is 20.3. The molecule has 1 fully saturated rings. The molecule has 3 heteroatoms. The predicted molar refractivity (Wildman–Crippen MR) is 85.7 cm³/mol. The van der Waals surface area contributed by atoms with Crippen molar-refractivity contribution in [3.05, 3.63) is 33.4 Å². The van der Waals surface area contributed by atoms with E-state index in [2.05, 4.69) is 64.0 Å². The highest BCUT2D eigenvalue weighted by atomic mass is 127. The van der Waals surface area contributed by atoms with Crippen molar-refractivity contribution in [2.45, 2.75) is 26.3 Å². The molecule has 18 heavy (non-hydrogen) atoms. The summed E-state index contributed by atoms with van der Waals surface area (Å²) in [4.78, 5) is 2.57. The van der Waals surface area contributed by atoms with Gasteiger partial charge >= 0.3 is 0 Å². The summed E-state index contributed by atoms with van der Waals surface area (Å²) in [7, 11) is 0. The van der Waals surface area contributed by atoms with Gasteiger partial charge in [-0.15, -0.1) is 0 Å². The second-order valence-corrected chi connectivity index (χ2v) is 6.42. The number of hydrogen-bond acceptors (Lipinski definition) is 2. The number of piperidine rings is 1. The van der Waals surface area contributed by atoms with Crippen molar-refractivity contribution in [1.82, 2.24) is 10.2 Å². The lowest BCUT2D eigenvalue weighted by molar-refractivity contribution is 0.209. The minimum absolute atomic E-state index is 0.835. The van der Waals surface area contributed by atoms with E-state index in [1.165, 1.54) is 41.6 Å². The topological polar surface area (TPSA) is 15.3 Å². The Hall–Kier alpha value is -0.130. The third-order valence-electron chi connectivity index (χ3n) is 3.66. The van der Waals surface area contributed by atoms with Gasteiger partial charge in [0.1, 0.15) is 0 Å². The van der Waals surface area contributed by atoms with E-state index in [1.54, 1.807) is 0 Å². The first-order valence-corrected chi connectivity index (χ1v) is 8.03. The molecule has 0 spiro atoms. The highest BCUT2D eigenvalue weighted by molar-refractivity contribution is 14.1. The van der Waals surface area contributed by atoms with Crippen LogP contribution in [0.2, 0.25) is 0 Å². The maximum Gasteiger partial charge on any atom is 0.0234 e. The van der Waals surface area contributed by atoms with Gasteiger partial charge in [0.05, 0.1) is 0 Å². The summed E-state index contributed by atoms with van der Waals surface area (Å²) in [5.74, 6) is 0.835. The standard InChI is InChI=1S/C15H23IN2/c1-2-18(12-14-6-4-8-17-10-14)11-13-5-3-7-15(16)9-13/h3,5,7,9,14,17H,2,4,6,8,10-12H2,1H3. The number of rotatable bonds is 5. The Morgan fingerprint density at radius 3 is 3.00 bits per heavy atom. The first-order valence-electron chi connectivity index (χ1n) is 6.95. The summed E-state index contributed by atoms with van der Waals surface area (Å²) < 4.78 is 1.33. The summed E-state index contributed by atoms with van der Waals surface area (Å²) in [5.41, 5.74) is 1.44. The molecule has 2 rings (SSSR count). The number of nitrogens with one attached hydrogen (secondary N) is 1. The maximum absolute atomic E-state index is 3.51. The molecule has 1 N–H and O–H groups in total. The lowest BCUT2D eigenvalue weighted by atomic mass is 9.99. The van der Waals surface area contributed by atoms with Gasteiger partial charge in [-0.1, -0.05) is 19.1 Å². The summed E-state index contributed by atoms with van der Waals surface area (Å²) in [6.07, 6.45) is 2.72. The maximum atomic E-state index is 3.51. The summed E-state index contributed by atoms with van der Waals surface area (Å²) in [5, 5.41) is 3.51. The third-order valence-corrected chi connectivity index (χ3v) is 4.33. The van der Waals surface area contributed by atoms with Crippen LogP contribution in [0.4, 0.5) is 0 Å². The number of halogens is 1. The molecule has 1 aliphatic rings. The van der Waals surface area contributed by atoms with Crippen LogP contribution in [-0.4, -0.2) is 31.1 Å². The molecular formula is C15H23IN2. The number of benzene rings is 1. The zero-order valence-corrected chi connectivity index (χ0v) is 13.3. The molecule has 100 valence electrons. The molecular weight excluding hydrogens is 335 g/mol. The van der Waals surface area contributed by atoms with Crippen LogP contribution in [0.5, 0.6) is 0 Å². The van der Waals surface area contributed by atoms with Crippen molar-refractivity contribution in [1.29, 1.82) is 0 Å². The fraction of sp³-hybridized carbons (Fsp3) is 0.600. The van der Waals surface area contributed by atoms with Crippen molar-refractivity contribution in [2.24, 2.45) is 5.92 Å². The van der Waals surface area contributed by atoms with Crippen molar-refractivity contribution < 1.29 is 0 Å². The highest BCUT2D eigenvalue weighted by Crippen LogP contribution is 2.15. The van der Waals surface area contributed by atoms with Crippen LogP contribution in [0.15, 0.2) is 24.3 Å². The van der Waals surface area contributed by atoms with Gasteiger partial charge in [-0.2, -0.15) is 0 Å². The minimum atomic E-state index is 0.835. The average Bonchev–Trinajstić information content (AvgIpc) is 2.39. The molecule has 0 bridgehead atoms. The van der Waals surface area contributed by atoms with Gasteiger partial charge in [0.15, 0.2) is 0 Å². The van der Waals surface area contributed by atoms with Crippen LogP contribution < -0.4 is 5.32 Å². The molecule has 1 unspecified atom stereocenters. The Morgan fingerprint density at radius 2 is 2.33 bits per heavy atom. The van der Waals surface area contributed by atoms with Crippen LogP contribution in [0.3, 0.4) is 0 Å². The molecule has 1 aromatic carbocycles. The van der Waals surface area contributed by atoms with Crippen LogP contribution in [0.25, 0.3) is 0 Å². The zero-order chi connectivity index (χ0) is 12.8. The molecule has 2 nitrogen and oxygen atoms in total. The number of nitrogens with zero attached hydrogens (tertiary/aromatic N) is 1. The van der Waals surface area contributed by atoms with E-state index in [0.29, 0.717) is 0 Å². The quantitative estimate of drug-likeness (QED) is 0.814. The molecule has 1 heterocycles. The Kier molecular flexibility index (Phi) is 5.92. The molecule has 1 saturated heterocycles. The van der Waals surface area contributed by atoms with E-state index in [9.17, 15) is 0 Å². The molecule has 0 saturated carbocycles. The molecule has 0 amide bonds. The lowest BCUT2D eigenvalue weighted by Crippen LogP contribution is -2.38. The molecule has 0 radical (unpaired) electrons. The van der Waals surface area contributed by atoms with E-state index in [4.69, 9.17) is 0 Å². The van der Waals surface area contributed by atoms with Crippen LogP contribution in [0.1, 0.15) is 25.3 Å². The van der Waals surface area contributed by atoms with Gasteiger partial charge in [0, 0.05) is 16.7 Å². The summed E-state index contributed by atoms with van der Waals surface area (Å²) in [6, 6.07) is 8.85. The lowest BCUT2D eigenvalue weighted by Gasteiger charge is -2.29. The smallest absolute Gasteiger partial charge is 0.0234 e. The second-order valence-electron chi connectivity index (χ2n) is 5.17. The fourth-order valence-electron chi connectivity index (χ4n) is 2.64. The molecule has 0 aromatic heterocycles. The van der Waals surface area contributed by atoms with E-state index in [0.717, 1.165) is 19.0 Å². The van der Waals surface area contributed by atoms with Crippen molar-refractivity contribution in [2.75, 3.05) is 26.2 Å². The Morgan fingerprint density at radius 1 is 1.44 bits per heavy atom. The van der Waals surface area contributed by atoms with Crippen molar-refractivity contribution in [3.63, 3.8) is 0 Å². The van der Waals surface area contributed by atoms with Gasteiger partial charge in [-0.05, 0) is 78.7 Å². The molecule has 0 aliphatic carbocycles. The monoisotopic (exact) mass is 358 g/mol. The van der Waals surface area contributed by atoms with Crippen molar-refractivity contribution >= 4 is 22.6 Å². The van der Waals surface area contributed by atoms with Gasteiger partial charge in [0.25, 0.3) is 0 Å². The SMILES string of the molecule is CCN(Cc1cccc(I)c1)CC1CCCNC1. The Labute approximate surface area is 124 Å². The molecule has 1 aromatic rings. The minimum Gasteiger partial charge on any atom is -0.316 e. The third kappa shape index (κ3) is 4.52. The first-order chi connectivity index (χ1) is 8.78. The van der Waals surface area contributed by atoms with Crippen molar-refractivity contribution in [3.8, 4) is 0 Å². The number of hydrogen-bond donors (Lipinski definition) is 1.